The van der Waals surface area contributed by atoms with Crippen LogP contribution in [0.15, 0.2) is 176 Å². The van der Waals surface area contributed by atoms with E-state index >= 15 is 0 Å². The molecular weight excluding hydrogens is 726 g/mol. The van der Waals surface area contributed by atoms with Gasteiger partial charge in [0.25, 0.3) is 0 Å². The maximum absolute atomic E-state index is 15.0. The van der Waals surface area contributed by atoms with Crippen LogP contribution in [-0.2, 0) is 6.18 Å². The molecule has 0 spiro atoms. The molecule has 7 heteroatoms. The third-order valence-electron chi connectivity index (χ3n) is 11.0. The average Bonchev–Trinajstić information content (AvgIpc) is 3.78. The van der Waals surface area contributed by atoms with Crippen LogP contribution in [0.1, 0.15) is 11.1 Å². The van der Waals surface area contributed by atoms with E-state index in [2.05, 4.69) is 23.0 Å². The topological polar surface area (TPSA) is 38.0 Å². The van der Waals surface area contributed by atoms with Crippen LogP contribution in [0, 0.1) is 17.9 Å². The number of nitriles is 1. The Labute approximate surface area is 331 Å². The summed E-state index contributed by atoms with van der Waals surface area (Å²) in [6, 6.07) is 57.6. The average molecular weight is 755 g/mol. The summed E-state index contributed by atoms with van der Waals surface area (Å²) < 4.78 is 48.8. The van der Waals surface area contributed by atoms with Gasteiger partial charge >= 0.3 is 6.18 Å². The molecule has 0 saturated heterocycles. The van der Waals surface area contributed by atoms with E-state index < -0.39 is 11.7 Å². The van der Waals surface area contributed by atoms with Crippen molar-refractivity contribution in [2.24, 2.45) is 0 Å². The minimum absolute atomic E-state index is 0.138. The van der Waals surface area contributed by atoms with Crippen molar-refractivity contribution >= 4 is 49.3 Å². The van der Waals surface area contributed by atoms with Gasteiger partial charge in [-0.15, -0.1) is 0 Å². The molecular formula is C51H29F3N4. The molecule has 0 radical (unpaired) electrons. The molecule has 10 aromatic rings. The first-order valence-corrected chi connectivity index (χ1v) is 18.7. The van der Waals surface area contributed by atoms with Crippen molar-refractivity contribution in [2.45, 2.75) is 6.18 Å². The van der Waals surface area contributed by atoms with Gasteiger partial charge < -0.3 is 9.13 Å². The predicted molar refractivity (Wildman–Crippen MR) is 227 cm³/mol. The Morgan fingerprint density at radius 3 is 1.40 bits per heavy atom. The lowest BCUT2D eigenvalue weighted by Gasteiger charge is -2.21. The van der Waals surface area contributed by atoms with Crippen LogP contribution >= 0.6 is 0 Å². The highest BCUT2D eigenvalue weighted by atomic mass is 19.4. The number of benzene rings is 8. The van der Waals surface area contributed by atoms with Crippen LogP contribution in [0.4, 0.5) is 18.9 Å². The van der Waals surface area contributed by atoms with Crippen molar-refractivity contribution < 1.29 is 13.2 Å². The van der Waals surface area contributed by atoms with E-state index in [9.17, 15) is 18.4 Å². The number of rotatable bonds is 5. The zero-order valence-corrected chi connectivity index (χ0v) is 30.7. The van der Waals surface area contributed by atoms with E-state index in [-0.39, 0.29) is 22.4 Å². The molecule has 2 aromatic heterocycles. The van der Waals surface area contributed by atoms with Crippen molar-refractivity contribution in [3.63, 3.8) is 0 Å². The molecule has 58 heavy (non-hydrogen) atoms. The van der Waals surface area contributed by atoms with Gasteiger partial charge in [-0.1, -0.05) is 127 Å². The minimum Gasteiger partial charge on any atom is -0.308 e. The molecule has 0 unspecified atom stereocenters. The van der Waals surface area contributed by atoms with Gasteiger partial charge in [0.1, 0.15) is 11.6 Å². The molecule has 0 aliphatic rings. The molecule has 0 fully saturated rings. The Balaban J connectivity index is 1.35. The van der Waals surface area contributed by atoms with E-state index in [4.69, 9.17) is 6.57 Å². The highest BCUT2D eigenvalue weighted by Crippen LogP contribution is 2.46. The van der Waals surface area contributed by atoms with Gasteiger partial charge in [0.05, 0.1) is 45.6 Å². The Hall–Kier alpha value is -7.87. The lowest BCUT2D eigenvalue weighted by Crippen LogP contribution is -2.09. The first-order chi connectivity index (χ1) is 28.3. The molecule has 0 N–H and O–H groups in total. The smallest absolute Gasteiger partial charge is 0.308 e. The first-order valence-electron chi connectivity index (χ1n) is 18.7. The Kier molecular flexibility index (Phi) is 8.00. The summed E-state index contributed by atoms with van der Waals surface area (Å²) in [6.45, 7) is 8.01. The number of para-hydroxylation sites is 2. The zero-order valence-electron chi connectivity index (χ0n) is 30.7. The number of aromatic nitrogens is 2. The SMILES string of the molecule is [C-]#[N+]c1cccc(C(F)(F)F)c1-c1cc(-n2c3ccccc3c3cc(-c4ccccc4)ccc32)c(C#N)c(-n2c3ccccc3c3cc(-c4ccccc4)ccc32)c1. The largest absolute Gasteiger partial charge is 0.415 e. The summed E-state index contributed by atoms with van der Waals surface area (Å²) in [5, 5.41) is 15.0. The highest BCUT2D eigenvalue weighted by molar-refractivity contribution is 6.12. The second-order valence-electron chi connectivity index (χ2n) is 14.2. The molecule has 0 aliphatic carbocycles. The number of fused-ring (bicyclic) bond motifs is 6. The molecule has 10 rings (SSSR count). The summed E-state index contributed by atoms with van der Waals surface area (Å²) in [5.74, 6) is 0. The predicted octanol–water partition coefficient (Wildman–Crippen LogP) is 14.3. The molecule has 0 amide bonds. The van der Waals surface area contributed by atoms with Crippen LogP contribution < -0.4 is 0 Å². The third kappa shape index (κ3) is 5.44. The van der Waals surface area contributed by atoms with Crippen molar-refractivity contribution in [3.8, 4) is 50.8 Å². The fourth-order valence-electron chi connectivity index (χ4n) is 8.48. The van der Waals surface area contributed by atoms with Crippen LogP contribution in [-0.4, -0.2) is 9.13 Å². The van der Waals surface area contributed by atoms with E-state index in [0.717, 1.165) is 71.9 Å². The normalized spacial score (nSPS) is 11.7. The van der Waals surface area contributed by atoms with Gasteiger partial charge in [0, 0.05) is 21.5 Å². The molecule has 8 aromatic carbocycles. The molecule has 4 nitrogen and oxygen atoms in total. The van der Waals surface area contributed by atoms with Gasteiger partial charge in [-0.2, -0.15) is 18.4 Å². The lowest BCUT2D eigenvalue weighted by molar-refractivity contribution is -0.137. The fourth-order valence-corrected chi connectivity index (χ4v) is 8.48. The molecule has 0 atom stereocenters. The number of hydrogen-bond donors (Lipinski definition) is 0. The molecule has 0 saturated carbocycles. The second-order valence-corrected chi connectivity index (χ2v) is 14.2. The standard InChI is InChI=1S/C51H29F3N4/c1-56-43-20-12-19-42(51(52,53)54)50(43)36-29-48(57-44-21-10-8-17-37(44)39-27-34(23-25-46(39)57)32-13-4-2-5-14-32)41(31-55)49(30-36)58-45-22-11-9-18-38(45)40-28-35(24-26-47(40)58)33-15-6-3-7-16-33/h2-30H. The second kappa shape index (κ2) is 13.4. The maximum atomic E-state index is 15.0. The summed E-state index contributed by atoms with van der Waals surface area (Å²) in [5.41, 5.74) is 7.15. The monoisotopic (exact) mass is 754 g/mol. The fraction of sp³-hybridized carbons (Fsp3) is 0.0196. The Morgan fingerprint density at radius 2 is 0.931 bits per heavy atom. The molecule has 0 bridgehead atoms. The van der Waals surface area contributed by atoms with Crippen LogP contribution in [0.5, 0.6) is 0 Å². The Morgan fingerprint density at radius 1 is 0.466 bits per heavy atom. The Bertz CT molecular complexity index is 3160. The van der Waals surface area contributed by atoms with E-state index in [1.54, 1.807) is 12.1 Å². The minimum atomic E-state index is -4.76. The van der Waals surface area contributed by atoms with E-state index in [0.29, 0.717) is 11.4 Å². The van der Waals surface area contributed by atoms with Crippen LogP contribution in [0.3, 0.4) is 0 Å². The summed E-state index contributed by atoms with van der Waals surface area (Å²) in [7, 11) is 0. The number of halogens is 3. The van der Waals surface area contributed by atoms with Crippen molar-refractivity contribution in [2.75, 3.05) is 0 Å². The van der Waals surface area contributed by atoms with Gasteiger partial charge in [0.15, 0.2) is 5.69 Å². The molecule has 0 aliphatic heterocycles. The van der Waals surface area contributed by atoms with Crippen molar-refractivity contribution in [1.82, 2.24) is 9.13 Å². The maximum Gasteiger partial charge on any atom is 0.415 e. The molecule has 274 valence electrons. The van der Waals surface area contributed by atoms with Gasteiger partial charge in [-0.05, 0) is 81.9 Å². The zero-order chi connectivity index (χ0) is 39.5. The number of alkyl halides is 3. The summed E-state index contributed by atoms with van der Waals surface area (Å²) in [4.78, 5) is 3.60. The quantitative estimate of drug-likeness (QED) is 0.161. The van der Waals surface area contributed by atoms with Crippen molar-refractivity contribution in [3.05, 3.63) is 198 Å². The van der Waals surface area contributed by atoms with E-state index in [1.165, 1.54) is 12.1 Å². The lowest BCUT2D eigenvalue weighted by atomic mass is 9.94. The van der Waals surface area contributed by atoms with E-state index in [1.807, 2.05) is 143 Å². The van der Waals surface area contributed by atoms with Crippen LogP contribution in [0.25, 0.3) is 93.2 Å². The number of nitrogens with zero attached hydrogens (tertiary/aromatic N) is 4. The van der Waals surface area contributed by atoms with Crippen LogP contribution in [0.2, 0.25) is 0 Å². The van der Waals surface area contributed by atoms with Gasteiger partial charge in [-0.25, -0.2) is 4.85 Å². The summed E-state index contributed by atoms with van der Waals surface area (Å²) in [6.07, 6.45) is -4.76. The van der Waals surface area contributed by atoms with Crippen molar-refractivity contribution in [1.29, 1.82) is 5.26 Å². The number of hydrogen-bond acceptors (Lipinski definition) is 1. The third-order valence-corrected chi connectivity index (χ3v) is 11.0. The molecule has 2 heterocycles. The first kappa shape index (κ1) is 34.6. The summed E-state index contributed by atoms with van der Waals surface area (Å²) >= 11 is 0. The van der Waals surface area contributed by atoms with Gasteiger partial charge in [0.2, 0.25) is 0 Å². The highest BCUT2D eigenvalue weighted by Gasteiger charge is 2.35. The van der Waals surface area contributed by atoms with Gasteiger partial charge in [-0.3, -0.25) is 0 Å².